The van der Waals surface area contributed by atoms with Crippen molar-refractivity contribution in [3.63, 3.8) is 0 Å². The molecule has 0 saturated carbocycles. The van der Waals surface area contributed by atoms with Crippen molar-refractivity contribution in [2.45, 2.75) is 44.5 Å². The minimum atomic E-state index is -0.789. The van der Waals surface area contributed by atoms with E-state index in [1.165, 1.54) is 0 Å². The van der Waals surface area contributed by atoms with Gasteiger partial charge in [0.2, 0.25) is 0 Å². The number of aliphatic carboxylic acids is 1. The molecule has 0 aromatic heterocycles. The van der Waals surface area contributed by atoms with Crippen LogP contribution in [0.4, 0.5) is 0 Å². The fourth-order valence-electron chi connectivity index (χ4n) is 2.45. The number of carboxylic acid groups (broad SMARTS) is 1. The highest BCUT2D eigenvalue weighted by atomic mass is 16.7. The molecule has 1 N–H and O–H groups in total. The van der Waals surface area contributed by atoms with E-state index < -0.39 is 11.8 Å². The summed E-state index contributed by atoms with van der Waals surface area (Å²) < 4.78 is 17.0. The Morgan fingerprint density at radius 1 is 1.47 bits per heavy atom. The minimum absolute atomic E-state index is 0.0990. The summed E-state index contributed by atoms with van der Waals surface area (Å²) in [5.74, 6) is -1.13. The second-order valence-electron chi connectivity index (χ2n) is 4.91. The summed E-state index contributed by atoms with van der Waals surface area (Å²) in [6, 6.07) is 0. The maximum absolute atomic E-state index is 10.5. The Morgan fingerprint density at radius 2 is 2.29 bits per heavy atom. The molecule has 2 heterocycles. The van der Waals surface area contributed by atoms with Crippen molar-refractivity contribution in [2.24, 2.45) is 5.92 Å². The zero-order valence-electron chi connectivity index (χ0n) is 10.2. The molecule has 2 fully saturated rings. The highest BCUT2D eigenvalue weighted by Gasteiger charge is 2.44. The molecule has 2 aliphatic rings. The fraction of sp³-hybridized carbons (Fsp3) is 0.917. The minimum Gasteiger partial charge on any atom is -0.481 e. The first-order valence-corrected chi connectivity index (χ1v) is 6.21. The van der Waals surface area contributed by atoms with E-state index in [2.05, 4.69) is 0 Å². The number of carbonyl (C=O) groups is 1. The second kappa shape index (κ2) is 5.33. The molecule has 5 nitrogen and oxygen atoms in total. The third kappa shape index (κ3) is 3.18. The predicted molar refractivity (Wildman–Crippen MR) is 59.6 cm³/mol. The SMILES string of the molecule is CC1(C2CCCOC2)OCC(CCC(=O)O)O1. The fourth-order valence-corrected chi connectivity index (χ4v) is 2.45. The number of rotatable bonds is 4. The van der Waals surface area contributed by atoms with Crippen LogP contribution in [0.3, 0.4) is 0 Å². The molecule has 2 rings (SSSR count). The van der Waals surface area contributed by atoms with Crippen LogP contribution >= 0.6 is 0 Å². The molecule has 0 bridgehead atoms. The van der Waals surface area contributed by atoms with Gasteiger partial charge in [-0.05, 0) is 26.2 Å². The van der Waals surface area contributed by atoms with Crippen molar-refractivity contribution >= 4 is 5.97 Å². The lowest BCUT2D eigenvalue weighted by atomic mass is 9.94. The molecule has 98 valence electrons. The first-order valence-electron chi connectivity index (χ1n) is 6.21. The monoisotopic (exact) mass is 244 g/mol. The molecule has 17 heavy (non-hydrogen) atoms. The highest BCUT2D eigenvalue weighted by Crippen LogP contribution is 2.36. The largest absolute Gasteiger partial charge is 0.481 e. The van der Waals surface area contributed by atoms with Gasteiger partial charge >= 0.3 is 5.97 Å². The van der Waals surface area contributed by atoms with Gasteiger partial charge in [-0.2, -0.15) is 0 Å². The molecule has 0 aromatic rings. The zero-order valence-corrected chi connectivity index (χ0v) is 10.2. The van der Waals surface area contributed by atoms with Crippen LogP contribution in [-0.2, 0) is 19.0 Å². The first-order chi connectivity index (χ1) is 8.10. The highest BCUT2D eigenvalue weighted by molar-refractivity contribution is 5.66. The van der Waals surface area contributed by atoms with E-state index in [0.717, 1.165) is 19.4 Å². The van der Waals surface area contributed by atoms with Gasteiger partial charge in [-0.15, -0.1) is 0 Å². The molecule has 2 aliphatic heterocycles. The van der Waals surface area contributed by atoms with Gasteiger partial charge in [-0.25, -0.2) is 0 Å². The van der Waals surface area contributed by atoms with Crippen molar-refractivity contribution in [3.8, 4) is 0 Å². The number of hydrogen-bond acceptors (Lipinski definition) is 4. The Kier molecular flexibility index (Phi) is 4.01. The second-order valence-corrected chi connectivity index (χ2v) is 4.91. The summed E-state index contributed by atoms with van der Waals surface area (Å²) in [7, 11) is 0. The lowest BCUT2D eigenvalue weighted by Crippen LogP contribution is -2.41. The average Bonchev–Trinajstić information content (AvgIpc) is 2.71. The summed E-state index contributed by atoms with van der Waals surface area (Å²) in [5, 5.41) is 8.64. The van der Waals surface area contributed by atoms with Crippen LogP contribution in [-0.4, -0.2) is 42.8 Å². The normalized spacial score (nSPS) is 38.2. The molecule has 2 saturated heterocycles. The topological polar surface area (TPSA) is 65.0 Å². The third-order valence-electron chi connectivity index (χ3n) is 3.54. The molecule has 0 spiro atoms. The molecule has 0 amide bonds. The van der Waals surface area contributed by atoms with E-state index >= 15 is 0 Å². The summed E-state index contributed by atoms with van der Waals surface area (Å²) in [4.78, 5) is 10.5. The van der Waals surface area contributed by atoms with Crippen LogP contribution in [0.2, 0.25) is 0 Å². The van der Waals surface area contributed by atoms with Crippen LogP contribution in [0.1, 0.15) is 32.6 Å². The summed E-state index contributed by atoms with van der Waals surface area (Å²) in [5.41, 5.74) is 0. The predicted octanol–water partition coefficient (Wildman–Crippen LogP) is 1.41. The van der Waals surface area contributed by atoms with E-state index in [1.54, 1.807) is 0 Å². The molecule has 3 atom stereocenters. The maximum atomic E-state index is 10.5. The molecular weight excluding hydrogens is 224 g/mol. The summed E-state index contributed by atoms with van der Waals surface area (Å²) in [6.45, 7) is 3.91. The van der Waals surface area contributed by atoms with E-state index in [4.69, 9.17) is 19.3 Å². The summed E-state index contributed by atoms with van der Waals surface area (Å²) in [6.07, 6.45) is 2.62. The average molecular weight is 244 g/mol. The van der Waals surface area contributed by atoms with Gasteiger partial charge in [0, 0.05) is 18.9 Å². The number of carboxylic acids is 1. The van der Waals surface area contributed by atoms with Crippen molar-refractivity contribution in [1.82, 2.24) is 0 Å². The third-order valence-corrected chi connectivity index (χ3v) is 3.54. The first kappa shape index (κ1) is 12.8. The van der Waals surface area contributed by atoms with Crippen LogP contribution < -0.4 is 0 Å². The van der Waals surface area contributed by atoms with Crippen LogP contribution in [0.25, 0.3) is 0 Å². The van der Waals surface area contributed by atoms with Gasteiger partial charge in [0.05, 0.1) is 19.3 Å². The van der Waals surface area contributed by atoms with Crippen LogP contribution in [0, 0.1) is 5.92 Å². The maximum Gasteiger partial charge on any atom is 0.303 e. The van der Waals surface area contributed by atoms with E-state index in [1.807, 2.05) is 6.92 Å². The van der Waals surface area contributed by atoms with Gasteiger partial charge < -0.3 is 19.3 Å². The lowest BCUT2D eigenvalue weighted by molar-refractivity contribution is -0.212. The Labute approximate surface area is 101 Å². The quantitative estimate of drug-likeness (QED) is 0.810. The Balaban J connectivity index is 1.84. The smallest absolute Gasteiger partial charge is 0.303 e. The number of ether oxygens (including phenoxy) is 3. The lowest BCUT2D eigenvalue weighted by Gasteiger charge is -2.35. The van der Waals surface area contributed by atoms with E-state index in [0.29, 0.717) is 19.6 Å². The van der Waals surface area contributed by atoms with Crippen molar-refractivity contribution in [2.75, 3.05) is 19.8 Å². The van der Waals surface area contributed by atoms with Gasteiger partial charge in [0.1, 0.15) is 0 Å². The Hall–Kier alpha value is -0.650. The molecule has 5 heteroatoms. The van der Waals surface area contributed by atoms with Crippen LogP contribution in [0.5, 0.6) is 0 Å². The van der Waals surface area contributed by atoms with Crippen molar-refractivity contribution in [3.05, 3.63) is 0 Å². The van der Waals surface area contributed by atoms with E-state index in [-0.39, 0.29) is 18.4 Å². The molecule has 0 aliphatic carbocycles. The van der Waals surface area contributed by atoms with Gasteiger partial charge in [-0.3, -0.25) is 4.79 Å². The van der Waals surface area contributed by atoms with Gasteiger partial charge in [0.25, 0.3) is 0 Å². The van der Waals surface area contributed by atoms with E-state index in [9.17, 15) is 4.79 Å². The van der Waals surface area contributed by atoms with Gasteiger partial charge in [0.15, 0.2) is 5.79 Å². The molecule has 0 radical (unpaired) electrons. The van der Waals surface area contributed by atoms with Crippen molar-refractivity contribution < 1.29 is 24.1 Å². The Bertz CT molecular complexity index is 274. The molecule has 0 aromatic carbocycles. The van der Waals surface area contributed by atoms with Crippen molar-refractivity contribution in [1.29, 1.82) is 0 Å². The summed E-state index contributed by atoms with van der Waals surface area (Å²) >= 11 is 0. The molecule has 3 unspecified atom stereocenters. The van der Waals surface area contributed by atoms with Gasteiger partial charge in [-0.1, -0.05) is 0 Å². The van der Waals surface area contributed by atoms with Crippen LogP contribution in [0.15, 0.2) is 0 Å². The zero-order chi connectivity index (χ0) is 12.3. The molecular formula is C12H20O5. The number of hydrogen-bond donors (Lipinski definition) is 1. The standard InChI is InChI=1S/C12H20O5/c1-12(9-3-2-6-15-7-9)16-8-10(17-12)4-5-11(13)14/h9-10H,2-8H2,1H3,(H,13,14). The Morgan fingerprint density at radius 3 is 2.94 bits per heavy atom.